The van der Waals surface area contributed by atoms with Gasteiger partial charge < -0.3 is 8.83 Å². The second-order valence-electron chi connectivity index (χ2n) is 18.1. The van der Waals surface area contributed by atoms with Gasteiger partial charge in [-0.25, -0.2) is 8.78 Å². The minimum absolute atomic E-state index is 0.0508. The van der Waals surface area contributed by atoms with E-state index in [4.69, 9.17) is 26.3 Å². The summed E-state index contributed by atoms with van der Waals surface area (Å²) in [5.74, 6) is 1.27. The van der Waals surface area contributed by atoms with Crippen molar-refractivity contribution in [3.63, 3.8) is 0 Å². The van der Waals surface area contributed by atoms with Gasteiger partial charge >= 0.3 is 0 Å². The van der Waals surface area contributed by atoms with Gasteiger partial charge in [-0.05, 0) is 90.3 Å². The fraction of sp³-hybridized carbons (Fsp3) is 0.358. The molecule has 6 heterocycles. The van der Waals surface area contributed by atoms with Crippen molar-refractivity contribution in [3.8, 4) is 33.1 Å². The quantitative estimate of drug-likeness (QED) is 0.0955. The third-order valence-electron chi connectivity index (χ3n) is 14.3. The average molecular weight is 941 g/mol. The van der Waals surface area contributed by atoms with E-state index in [1.54, 1.807) is 23.5 Å². The Morgan fingerprint density at radius 3 is 1.82 bits per heavy atom. The molecule has 332 valence electrons. The van der Waals surface area contributed by atoms with Crippen LogP contribution in [0.2, 0.25) is 0 Å². The lowest BCUT2D eigenvalue weighted by molar-refractivity contribution is 0.258. The Morgan fingerprint density at radius 2 is 1.23 bits per heavy atom. The summed E-state index contributed by atoms with van der Waals surface area (Å²) in [5, 5.41) is 1.78. The fourth-order valence-corrected chi connectivity index (χ4v) is 15.0. The molecule has 12 heteroatoms. The van der Waals surface area contributed by atoms with Gasteiger partial charge in [0.25, 0.3) is 0 Å². The number of benzene rings is 4. The normalized spacial score (nSPS) is 18.2. The number of aromatic nitrogens is 4. The molecule has 4 aromatic carbocycles. The number of fused-ring (bicyclic) bond motifs is 6. The highest BCUT2D eigenvalue weighted by Crippen LogP contribution is 2.68. The second-order valence-corrected chi connectivity index (χ2v) is 21.4. The smallest absolute Gasteiger partial charge is 0.140 e. The van der Waals surface area contributed by atoms with E-state index in [-0.39, 0.29) is 22.3 Å². The van der Waals surface area contributed by atoms with Gasteiger partial charge in [0.05, 0.1) is 34.6 Å². The molecule has 0 saturated carbocycles. The Bertz CT molecular complexity index is 3180. The van der Waals surface area contributed by atoms with Gasteiger partial charge in [0.2, 0.25) is 0 Å². The summed E-state index contributed by atoms with van der Waals surface area (Å²) in [4.78, 5) is 3.57. The first-order valence-electron chi connectivity index (χ1n) is 23.2. The number of furan rings is 2. The highest BCUT2D eigenvalue weighted by atomic mass is 32.2. The van der Waals surface area contributed by atoms with Crippen molar-refractivity contribution in [1.29, 1.82) is 0 Å². The summed E-state index contributed by atoms with van der Waals surface area (Å²) in [5.41, 5.74) is 8.91. The van der Waals surface area contributed by atoms with E-state index in [2.05, 4.69) is 33.8 Å². The highest BCUT2D eigenvalue weighted by Gasteiger charge is 2.52. The zero-order chi connectivity index (χ0) is 44.4. The van der Waals surface area contributed by atoms with Crippen LogP contribution >= 0.6 is 46.6 Å². The van der Waals surface area contributed by atoms with Crippen molar-refractivity contribution in [2.75, 3.05) is 0 Å². The van der Waals surface area contributed by atoms with Gasteiger partial charge in [-0.3, -0.25) is 0 Å². The van der Waals surface area contributed by atoms with Crippen LogP contribution in [0.1, 0.15) is 120 Å². The zero-order valence-corrected chi connectivity index (χ0v) is 40.3. The van der Waals surface area contributed by atoms with Crippen molar-refractivity contribution >= 4 is 95.5 Å². The minimum Gasteiger partial charge on any atom is -0.456 e. The minimum atomic E-state index is -0.375. The third kappa shape index (κ3) is 7.29. The second kappa shape index (κ2) is 17.5. The number of allylic oxidation sites excluding steroid dienone is 1. The lowest BCUT2D eigenvalue weighted by Gasteiger charge is -2.39. The molecule has 2 aliphatic rings. The number of unbranched alkanes of at least 4 members (excludes halogenated alkanes) is 2. The number of halogens is 2. The predicted octanol–water partition coefficient (Wildman–Crippen LogP) is 17.6. The van der Waals surface area contributed by atoms with Gasteiger partial charge in [-0.1, -0.05) is 115 Å². The average Bonchev–Trinajstić information content (AvgIpc) is 4.18. The molecule has 0 amide bonds. The van der Waals surface area contributed by atoms with Gasteiger partial charge in [-0.2, -0.15) is 17.5 Å². The van der Waals surface area contributed by atoms with E-state index in [0.717, 1.165) is 101 Å². The molecule has 65 heavy (non-hydrogen) atoms. The summed E-state index contributed by atoms with van der Waals surface area (Å²) in [7, 11) is 0. The van der Waals surface area contributed by atoms with Gasteiger partial charge in [-0.15, -0.1) is 23.1 Å². The standard InChI is InChI=1S/C53H50F2N4O2S4/c1-5-9-15-29(7-3)27-53(28-30(8-4)16-10-6-2)35-25-43(33-23-37(54)45(49-47(33)56-64-58-49)41-21-31-17-11-13-19-39(31)60-41)62-51(35)52-36(53)26-44(63-52)34-24-38(55)46(50-48(34)57-65-59-50)42-22-32-18-12-14-20-40(32)61-42/h11-14,17-25,29-30,44H,5-10,15-16,26-28H2,1-4H3. The molecule has 5 aromatic heterocycles. The monoisotopic (exact) mass is 940 g/mol. The topological polar surface area (TPSA) is 77.8 Å². The Hall–Kier alpha value is -4.75. The largest absolute Gasteiger partial charge is 0.456 e. The third-order valence-corrected chi connectivity index (χ3v) is 18.0. The number of rotatable bonds is 16. The van der Waals surface area contributed by atoms with Gasteiger partial charge in [0.15, 0.2) is 0 Å². The molecule has 3 unspecified atom stereocenters. The fourth-order valence-electron chi connectivity index (χ4n) is 10.9. The molecule has 11 rings (SSSR count). The number of hydrogen-bond acceptors (Lipinski definition) is 10. The Morgan fingerprint density at radius 1 is 0.677 bits per heavy atom. The molecular weight excluding hydrogens is 891 g/mol. The van der Waals surface area contributed by atoms with Crippen molar-refractivity contribution < 1.29 is 17.6 Å². The van der Waals surface area contributed by atoms with Crippen LogP contribution in [-0.2, 0) is 5.41 Å². The molecule has 9 aromatic rings. The molecule has 0 bridgehead atoms. The lowest BCUT2D eigenvalue weighted by Crippen LogP contribution is -2.32. The van der Waals surface area contributed by atoms with Crippen LogP contribution in [0.25, 0.3) is 82.0 Å². The summed E-state index contributed by atoms with van der Waals surface area (Å²) in [6.07, 6.45) is 12.2. The van der Waals surface area contributed by atoms with E-state index in [0.29, 0.717) is 62.2 Å². The van der Waals surface area contributed by atoms with E-state index in [1.165, 1.54) is 46.6 Å². The van der Waals surface area contributed by atoms with Crippen LogP contribution in [0, 0.1) is 23.5 Å². The van der Waals surface area contributed by atoms with Crippen LogP contribution in [0.3, 0.4) is 0 Å². The van der Waals surface area contributed by atoms with Crippen molar-refractivity contribution in [3.05, 3.63) is 112 Å². The van der Waals surface area contributed by atoms with Crippen LogP contribution in [0.5, 0.6) is 0 Å². The molecule has 3 atom stereocenters. The molecule has 1 aliphatic heterocycles. The maximum atomic E-state index is 16.8. The van der Waals surface area contributed by atoms with Crippen LogP contribution in [-0.4, -0.2) is 17.5 Å². The Balaban J connectivity index is 1.05. The summed E-state index contributed by atoms with van der Waals surface area (Å²) in [6.45, 7) is 9.29. The van der Waals surface area contributed by atoms with E-state index in [9.17, 15) is 0 Å². The van der Waals surface area contributed by atoms with Crippen molar-refractivity contribution in [1.82, 2.24) is 17.5 Å². The SMILES string of the molecule is CCCCC(CC)CC1(CC(CC)CCCC)C2=C(SC(c3cc(F)c(-c4cc5ccccc5o4)c4nsnc34)C2)c2sc(-c3cc(F)c(-c4cc5ccccc5o4)c4nsnc34)cc21. The number of thioether (sulfide) groups is 1. The molecule has 0 N–H and O–H groups in total. The van der Waals surface area contributed by atoms with Crippen molar-refractivity contribution in [2.45, 2.75) is 109 Å². The first-order chi connectivity index (χ1) is 31.8. The molecule has 1 aliphatic carbocycles. The van der Waals surface area contributed by atoms with Crippen molar-refractivity contribution in [2.24, 2.45) is 11.8 Å². The lowest BCUT2D eigenvalue weighted by atomic mass is 9.64. The van der Waals surface area contributed by atoms with Crippen LogP contribution in [0.4, 0.5) is 8.78 Å². The van der Waals surface area contributed by atoms with Gasteiger partial charge in [0.1, 0.15) is 56.4 Å². The molecule has 6 nitrogen and oxygen atoms in total. The maximum Gasteiger partial charge on any atom is 0.140 e. The number of para-hydroxylation sites is 2. The maximum absolute atomic E-state index is 16.8. The first-order valence-corrected chi connectivity index (χ1v) is 26.4. The Kier molecular flexibility index (Phi) is 11.5. The number of nitrogens with zero attached hydrogens (tertiary/aromatic N) is 4. The number of thiophene rings is 1. The molecule has 0 radical (unpaired) electrons. The predicted molar refractivity (Wildman–Crippen MR) is 268 cm³/mol. The zero-order valence-electron chi connectivity index (χ0n) is 37.0. The van der Waals surface area contributed by atoms with E-state index in [1.807, 2.05) is 72.4 Å². The van der Waals surface area contributed by atoms with Gasteiger partial charge in [0, 0.05) is 41.7 Å². The molecule has 0 fully saturated rings. The van der Waals surface area contributed by atoms with Crippen LogP contribution < -0.4 is 0 Å². The van der Waals surface area contributed by atoms with Crippen LogP contribution in [0.15, 0.2) is 93.3 Å². The summed E-state index contributed by atoms with van der Waals surface area (Å²) in [6, 6.07) is 25.1. The molecule has 0 spiro atoms. The first kappa shape index (κ1) is 42.9. The Labute approximate surface area is 394 Å². The summed E-state index contributed by atoms with van der Waals surface area (Å²) < 4.78 is 65.1. The summed E-state index contributed by atoms with van der Waals surface area (Å²) >= 11 is 5.85. The number of hydrogen-bond donors (Lipinski definition) is 0. The molecular formula is C53H50F2N4O2S4. The molecule has 0 saturated heterocycles. The van der Waals surface area contributed by atoms with E-state index >= 15 is 8.78 Å². The van der Waals surface area contributed by atoms with E-state index < -0.39 is 0 Å². The highest BCUT2D eigenvalue weighted by molar-refractivity contribution is 8.09.